The lowest BCUT2D eigenvalue weighted by Gasteiger charge is -2.21. The molecule has 0 radical (unpaired) electrons. The van der Waals surface area contributed by atoms with E-state index in [9.17, 15) is 9.18 Å². The number of nitrogens with zero attached hydrogens (tertiary/aromatic N) is 2. The lowest BCUT2D eigenvalue weighted by atomic mass is 9.94. The van der Waals surface area contributed by atoms with Gasteiger partial charge in [-0.3, -0.25) is 9.48 Å². The molecule has 0 bridgehead atoms. The minimum atomic E-state index is -0.938. The van der Waals surface area contributed by atoms with Crippen LogP contribution in [0.1, 0.15) is 61.9 Å². The minimum Gasteiger partial charge on any atom is -0.342 e. The topological polar surface area (TPSA) is 46.9 Å². The van der Waals surface area contributed by atoms with Crippen LogP contribution in [-0.4, -0.2) is 15.7 Å². The molecule has 0 aromatic carbocycles. The minimum absolute atomic E-state index is 0.179. The van der Waals surface area contributed by atoms with Crippen molar-refractivity contribution in [3.05, 3.63) is 29.9 Å². The Labute approximate surface area is 118 Å². The van der Waals surface area contributed by atoms with Crippen LogP contribution in [-0.2, 0) is 11.2 Å². The molecule has 0 aliphatic heterocycles. The average Bonchev–Trinajstić information content (AvgIpc) is 3.07. The van der Waals surface area contributed by atoms with Crippen LogP contribution >= 0.6 is 0 Å². The highest BCUT2D eigenvalue weighted by atomic mass is 19.1. The lowest BCUT2D eigenvalue weighted by Crippen LogP contribution is -2.31. The zero-order valence-corrected chi connectivity index (χ0v) is 11.6. The van der Waals surface area contributed by atoms with Crippen molar-refractivity contribution in [3.8, 4) is 0 Å². The molecule has 1 heterocycles. The molecule has 1 unspecified atom stereocenters. The van der Waals surface area contributed by atoms with Crippen LogP contribution in [0, 0.1) is 0 Å². The number of rotatable bonds is 3. The van der Waals surface area contributed by atoms with Gasteiger partial charge in [-0.1, -0.05) is 19.4 Å². The third-order valence-corrected chi connectivity index (χ3v) is 4.36. The van der Waals surface area contributed by atoms with Crippen LogP contribution in [0.15, 0.2) is 18.6 Å². The van der Waals surface area contributed by atoms with E-state index in [2.05, 4.69) is 27.9 Å². The molecule has 2 aliphatic rings. The Hall–Kier alpha value is -1.65. The summed E-state index contributed by atoms with van der Waals surface area (Å²) in [4.78, 5) is 11.5. The molecule has 108 valence electrons. The Morgan fingerprint density at radius 1 is 1.35 bits per heavy atom. The highest BCUT2D eigenvalue weighted by Crippen LogP contribution is 2.33. The van der Waals surface area contributed by atoms with Gasteiger partial charge in [0.15, 0.2) is 5.83 Å². The normalized spacial score (nSPS) is 22.6. The highest BCUT2D eigenvalue weighted by Gasteiger charge is 2.28. The number of aromatic nitrogens is 2. The first-order valence-corrected chi connectivity index (χ1v) is 7.38. The molecule has 20 heavy (non-hydrogen) atoms. The van der Waals surface area contributed by atoms with Gasteiger partial charge in [0.25, 0.3) is 5.91 Å². The van der Waals surface area contributed by atoms with E-state index in [1.165, 1.54) is 31.2 Å². The monoisotopic (exact) mass is 277 g/mol. The Bertz CT molecular complexity index is 531. The third kappa shape index (κ3) is 2.49. The fraction of sp³-hybridized carbons (Fsp3) is 0.600. The summed E-state index contributed by atoms with van der Waals surface area (Å²) in [6, 6.07) is 0.314. The molecule has 1 fully saturated rings. The predicted octanol–water partition coefficient (Wildman–Crippen LogP) is 2.98. The summed E-state index contributed by atoms with van der Waals surface area (Å²) in [5.74, 6) is -1.66. The van der Waals surface area contributed by atoms with Crippen molar-refractivity contribution >= 4 is 5.91 Å². The SMILES string of the molecule is C=C(F)C(=O)NC1CCCc2cn(C3CCCC3)nc21. The van der Waals surface area contributed by atoms with E-state index in [4.69, 9.17) is 0 Å². The molecule has 3 rings (SSSR count). The highest BCUT2D eigenvalue weighted by molar-refractivity contribution is 5.90. The number of carbonyl (C=O) groups is 1. The zero-order chi connectivity index (χ0) is 14.1. The lowest BCUT2D eigenvalue weighted by molar-refractivity contribution is -0.119. The summed E-state index contributed by atoms with van der Waals surface area (Å²) in [5, 5.41) is 7.37. The molecule has 1 aromatic rings. The Morgan fingerprint density at radius 2 is 2.10 bits per heavy atom. The van der Waals surface area contributed by atoms with Crippen molar-refractivity contribution in [2.24, 2.45) is 0 Å². The molecule has 4 nitrogen and oxygen atoms in total. The number of fused-ring (bicyclic) bond motifs is 1. The third-order valence-electron chi connectivity index (χ3n) is 4.36. The van der Waals surface area contributed by atoms with E-state index in [0.717, 1.165) is 25.0 Å². The number of hydrogen-bond donors (Lipinski definition) is 1. The van der Waals surface area contributed by atoms with Crippen LogP contribution in [0.3, 0.4) is 0 Å². The maximum absolute atomic E-state index is 12.8. The number of aryl methyl sites for hydroxylation is 1. The van der Waals surface area contributed by atoms with Crippen LogP contribution < -0.4 is 5.32 Å². The van der Waals surface area contributed by atoms with Crippen LogP contribution in [0.4, 0.5) is 4.39 Å². The van der Waals surface area contributed by atoms with Crippen LogP contribution in [0.5, 0.6) is 0 Å². The standard InChI is InChI=1S/C15H20FN3O/c1-10(16)15(20)17-13-8-4-5-11-9-19(18-14(11)13)12-6-2-3-7-12/h9,12-13H,1-8H2,(H,17,20). The first kappa shape index (κ1) is 13.3. The van der Waals surface area contributed by atoms with Crippen molar-refractivity contribution in [3.63, 3.8) is 0 Å². The first-order valence-electron chi connectivity index (χ1n) is 7.38. The molecule has 1 saturated carbocycles. The second-order valence-electron chi connectivity index (χ2n) is 5.78. The molecule has 1 amide bonds. The Balaban J connectivity index is 1.81. The van der Waals surface area contributed by atoms with Gasteiger partial charge in [-0.05, 0) is 37.7 Å². The van der Waals surface area contributed by atoms with Gasteiger partial charge < -0.3 is 5.32 Å². The van der Waals surface area contributed by atoms with Gasteiger partial charge >= 0.3 is 0 Å². The molecule has 1 N–H and O–H groups in total. The van der Waals surface area contributed by atoms with Crippen LogP contribution in [0.2, 0.25) is 0 Å². The fourth-order valence-corrected chi connectivity index (χ4v) is 3.30. The summed E-state index contributed by atoms with van der Waals surface area (Å²) in [7, 11) is 0. The zero-order valence-electron chi connectivity index (χ0n) is 11.6. The van der Waals surface area contributed by atoms with Crippen LogP contribution in [0.25, 0.3) is 0 Å². The molecule has 2 aliphatic carbocycles. The molecule has 5 heteroatoms. The molecule has 0 saturated heterocycles. The number of hydrogen-bond acceptors (Lipinski definition) is 2. The Kier molecular flexibility index (Phi) is 3.59. The molecule has 1 aromatic heterocycles. The van der Waals surface area contributed by atoms with Crippen molar-refractivity contribution < 1.29 is 9.18 Å². The second-order valence-corrected chi connectivity index (χ2v) is 5.78. The van der Waals surface area contributed by atoms with Gasteiger partial charge in [0.1, 0.15) is 0 Å². The number of carbonyl (C=O) groups excluding carboxylic acids is 1. The largest absolute Gasteiger partial charge is 0.342 e. The first-order chi connectivity index (χ1) is 9.65. The Morgan fingerprint density at radius 3 is 2.80 bits per heavy atom. The summed E-state index contributed by atoms with van der Waals surface area (Å²) < 4.78 is 14.9. The molecule has 1 atom stereocenters. The number of halogens is 1. The van der Waals surface area contributed by atoms with Crippen molar-refractivity contribution in [1.29, 1.82) is 0 Å². The van der Waals surface area contributed by atoms with Gasteiger partial charge in [-0.25, -0.2) is 4.39 Å². The predicted molar refractivity (Wildman–Crippen MR) is 73.8 cm³/mol. The van der Waals surface area contributed by atoms with E-state index >= 15 is 0 Å². The summed E-state index contributed by atoms with van der Waals surface area (Å²) in [6.07, 6.45) is 9.80. The summed E-state index contributed by atoms with van der Waals surface area (Å²) in [5.41, 5.74) is 2.11. The van der Waals surface area contributed by atoms with Gasteiger partial charge in [0.05, 0.1) is 17.8 Å². The molecule has 0 spiro atoms. The van der Waals surface area contributed by atoms with Crippen molar-refractivity contribution in [1.82, 2.24) is 15.1 Å². The maximum Gasteiger partial charge on any atom is 0.279 e. The smallest absolute Gasteiger partial charge is 0.279 e. The van der Waals surface area contributed by atoms with Crippen molar-refractivity contribution in [2.45, 2.75) is 57.0 Å². The van der Waals surface area contributed by atoms with Gasteiger partial charge in [0, 0.05) is 6.20 Å². The molecular formula is C15H20FN3O. The maximum atomic E-state index is 12.8. The van der Waals surface area contributed by atoms with Gasteiger partial charge in [-0.15, -0.1) is 0 Å². The fourth-order valence-electron chi connectivity index (χ4n) is 3.30. The summed E-state index contributed by atoms with van der Waals surface area (Å²) in [6.45, 7) is 3.04. The number of nitrogens with one attached hydrogen (secondary N) is 1. The molecular weight excluding hydrogens is 257 g/mol. The quantitative estimate of drug-likeness (QED) is 0.863. The summed E-state index contributed by atoms with van der Waals surface area (Å²) >= 11 is 0. The van der Waals surface area contributed by atoms with E-state index in [-0.39, 0.29) is 6.04 Å². The average molecular weight is 277 g/mol. The van der Waals surface area contributed by atoms with E-state index in [1.54, 1.807) is 0 Å². The van der Waals surface area contributed by atoms with E-state index in [1.807, 2.05) is 0 Å². The number of amides is 1. The second kappa shape index (κ2) is 5.38. The van der Waals surface area contributed by atoms with Crippen molar-refractivity contribution in [2.75, 3.05) is 0 Å². The van der Waals surface area contributed by atoms with E-state index in [0.29, 0.717) is 6.04 Å². The van der Waals surface area contributed by atoms with E-state index < -0.39 is 11.7 Å². The van der Waals surface area contributed by atoms with Gasteiger partial charge in [0.2, 0.25) is 0 Å². The van der Waals surface area contributed by atoms with Gasteiger partial charge in [-0.2, -0.15) is 5.10 Å².